The summed E-state index contributed by atoms with van der Waals surface area (Å²) in [5, 5.41) is 1.76. The van der Waals surface area contributed by atoms with Crippen LogP contribution in [0.25, 0.3) is 17.5 Å². The molecule has 0 radical (unpaired) electrons. The van der Waals surface area contributed by atoms with E-state index in [0.717, 1.165) is 17.3 Å². The van der Waals surface area contributed by atoms with E-state index in [2.05, 4.69) is 15.3 Å². The van der Waals surface area contributed by atoms with Gasteiger partial charge in [-0.25, -0.2) is 4.98 Å². The van der Waals surface area contributed by atoms with Crippen LogP contribution in [-0.4, -0.2) is 33.5 Å². The third-order valence-corrected chi connectivity index (χ3v) is 4.94. The Kier molecular flexibility index (Phi) is 5.44. The first kappa shape index (κ1) is 19.6. The second kappa shape index (κ2) is 8.34. The number of benzene rings is 1. The maximum atomic E-state index is 12.5. The lowest BCUT2D eigenvalue weighted by Crippen LogP contribution is -2.17. The normalized spacial score (nSPS) is 14.8. The minimum absolute atomic E-state index is 0.220. The zero-order valence-electron chi connectivity index (χ0n) is 15.7. The highest BCUT2D eigenvalue weighted by Crippen LogP contribution is 2.25. The summed E-state index contributed by atoms with van der Waals surface area (Å²) in [6.07, 6.45) is 2.94. The first-order valence-corrected chi connectivity index (χ1v) is 9.71. The van der Waals surface area contributed by atoms with Crippen LogP contribution in [0.5, 0.6) is 5.75 Å². The van der Waals surface area contributed by atoms with Gasteiger partial charge in [-0.3, -0.25) is 24.7 Å². The number of aryl methyl sites for hydroxylation is 1. The van der Waals surface area contributed by atoms with E-state index in [1.165, 1.54) is 12.3 Å². The number of pyridine rings is 1. The van der Waals surface area contributed by atoms with Crippen molar-refractivity contribution in [2.45, 2.75) is 6.92 Å². The quantitative estimate of drug-likeness (QED) is 0.474. The van der Waals surface area contributed by atoms with Gasteiger partial charge in [0.1, 0.15) is 11.5 Å². The van der Waals surface area contributed by atoms with E-state index in [1.54, 1.807) is 19.1 Å². The highest BCUT2D eigenvalue weighted by Gasteiger charge is 2.25. The van der Waals surface area contributed by atoms with E-state index in [-0.39, 0.29) is 23.0 Å². The summed E-state index contributed by atoms with van der Waals surface area (Å²) in [6, 6.07) is 12.6. The van der Waals surface area contributed by atoms with Crippen molar-refractivity contribution in [1.29, 1.82) is 0 Å². The number of nitrogens with zero attached hydrogens (tertiary/aromatic N) is 2. The van der Waals surface area contributed by atoms with E-state index in [0.29, 0.717) is 23.1 Å². The van der Waals surface area contributed by atoms with Gasteiger partial charge in [0.05, 0.1) is 16.8 Å². The average Bonchev–Trinajstić information content (AvgIpc) is 3.29. The van der Waals surface area contributed by atoms with E-state index >= 15 is 0 Å². The van der Waals surface area contributed by atoms with E-state index in [1.807, 2.05) is 30.3 Å². The van der Waals surface area contributed by atoms with Crippen molar-refractivity contribution in [2.24, 2.45) is 0 Å². The lowest BCUT2D eigenvalue weighted by Gasteiger charge is -2.04. The molecule has 9 heteroatoms. The predicted octanol–water partition coefficient (Wildman–Crippen LogP) is 3.63. The number of carbonyl (C=O) groups is 3. The standard InChI is InChI=1S/C21H15N3O5S/c1-12-18(23-20(29-12)13-5-3-2-4-6-13)16(25)11-28-15-8-7-14(22-10-15)9-17-19(26)24-21(27)30-17/h2-10H,11H2,1H3,(H,24,26,27). The molecule has 8 nitrogen and oxygen atoms in total. The van der Waals surface area contributed by atoms with Gasteiger partial charge in [-0.05, 0) is 49.0 Å². The first-order chi connectivity index (χ1) is 14.5. The van der Waals surface area contributed by atoms with Gasteiger partial charge in [0, 0.05) is 5.56 Å². The van der Waals surface area contributed by atoms with Crippen LogP contribution in [-0.2, 0) is 4.79 Å². The number of aromatic nitrogens is 2. The molecule has 3 heterocycles. The summed E-state index contributed by atoms with van der Waals surface area (Å²) < 4.78 is 11.1. The zero-order chi connectivity index (χ0) is 21.1. The molecule has 30 heavy (non-hydrogen) atoms. The van der Waals surface area contributed by atoms with Crippen molar-refractivity contribution in [3.05, 3.63) is 70.7 Å². The Labute approximate surface area is 175 Å². The van der Waals surface area contributed by atoms with E-state index < -0.39 is 11.1 Å². The Balaban J connectivity index is 1.40. The number of nitrogens with one attached hydrogen (secondary N) is 1. The van der Waals surface area contributed by atoms with Gasteiger partial charge >= 0.3 is 0 Å². The number of rotatable bonds is 6. The Morgan fingerprint density at radius 2 is 2.00 bits per heavy atom. The molecule has 1 saturated heterocycles. The highest BCUT2D eigenvalue weighted by molar-refractivity contribution is 8.18. The number of Topliss-reactive ketones (excluding diaryl/α,β-unsaturated/α-hetero) is 1. The van der Waals surface area contributed by atoms with Crippen molar-refractivity contribution >= 4 is 34.8 Å². The molecule has 1 aliphatic heterocycles. The van der Waals surface area contributed by atoms with Gasteiger partial charge in [0.25, 0.3) is 11.1 Å². The fourth-order valence-electron chi connectivity index (χ4n) is 2.69. The van der Waals surface area contributed by atoms with Crippen LogP contribution < -0.4 is 10.1 Å². The Bertz CT molecular complexity index is 1150. The third kappa shape index (κ3) is 4.31. The summed E-state index contributed by atoms with van der Waals surface area (Å²) in [7, 11) is 0. The summed E-state index contributed by atoms with van der Waals surface area (Å²) >= 11 is 0.816. The van der Waals surface area contributed by atoms with Crippen molar-refractivity contribution in [2.75, 3.05) is 6.61 Å². The molecule has 150 valence electrons. The number of oxazole rings is 1. The Morgan fingerprint density at radius 1 is 1.20 bits per heavy atom. The molecule has 0 saturated carbocycles. The minimum atomic E-state index is -0.449. The fourth-order valence-corrected chi connectivity index (χ4v) is 3.36. The number of amides is 2. The molecule has 4 rings (SSSR count). The van der Waals surface area contributed by atoms with Crippen LogP contribution in [0.1, 0.15) is 21.9 Å². The van der Waals surface area contributed by atoms with Crippen molar-refractivity contribution in [3.63, 3.8) is 0 Å². The van der Waals surface area contributed by atoms with E-state index in [4.69, 9.17) is 9.15 Å². The molecule has 0 aliphatic carbocycles. The molecule has 0 spiro atoms. The summed E-state index contributed by atoms with van der Waals surface area (Å²) in [5.41, 5.74) is 1.49. The molecule has 0 unspecified atom stereocenters. The van der Waals surface area contributed by atoms with Crippen LogP contribution in [0.4, 0.5) is 4.79 Å². The minimum Gasteiger partial charge on any atom is -0.484 e. The second-order valence-electron chi connectivity index (χ2n) is 6.27. The Hall–Kier alpha value is -3.72. The van der Waals surface area contributed by atoms with Crippen LogP contribution in [0.2, 0.25) is 0 Å². The molecule has 1 fully saturated rings. The summed E-state index contributed by atoms with van der Waals surface area (Å²) in [6.45, 7) is 1.45. The number of ketones is 1. The first-order valence-electron chi connectivity index (χ1n) is 8.89. The molecule has 3 aromatic rings. The van der Waals surface area contributed by atoms with Gasteiger partial charge in [-0.2, -0.15) is 0 Å². The number of imide groups is 1. The lowest BCUT2D eigenvalue weighted by atomic mass is 10.2. The topological polar surface area (TPSA) is 111 Å². The SMILES string of the molecule is Cc1oc(-c2ccccc2)nc1C(=O)COc1ccc(C=C2SC(=O)NC2=O)nc1. The maximum absolute atomic E-state index is 12.5. The number of hydrogen-bond donors (Lipinski definition) is 1. The largest absolute Gasteiger partial charge is 0.484 e. The molecule has 0 bridgehead atoms. The number of ether oxygens (including phenoxy) is 1. The van der Waals surface area contributed by atoms with E-state index in [9.17, 15) is 14.4 Å². The molecule has 2 aromatic heterocycles. The van der Waals surface area contributed by atoms with Gasteiger partial charge < -0.3 is 9.15 Å². The van der Waals surface area contributed by atoms with Gasteiger partial charge in [-0.1, -0.05) is 18.2 Å². The average molecular weight is 421 g/mol. The highest BCUT2D eigenvalue weighted by atomic mass is 32.2. The van der Waals surface area contributed by atoms with Crippen LogP contribution in [0, 0.1) is 6.92 Å². The zero-order valence-corrected chi connectivity index (χ0v) is 16.6. The number of hydrogen-bond acceptors (Lipinski definition) is 8. The second-order valence-corrected chi connectivity index (χ2v) is 7.29. The summed E-state index contributed by atoms with van der Waals surface area (Å²) in [4.78, 5) is 44.0. The molecule has 2 amide bonds. The monoisotopic (exact) mass is 421 g/mol. The third-order valence-electron chi connectivity index (χ3n) is 4.13. The van der Waals surface area contributed by atoms with Crippen molar-refractivity contribution in [1.82, 2.24) is 15.3 Å². The summed E-state index contributed by atoms with van der Waals surface area (Å²) in [5.74, 6) is 0.416. The van der Waals surface area contributed by atoms with Crippen LogP contribution >= 0.6 is 11.8 Å². The molecular weight excluding hydrogens is 406 g/mol. The predicted molar refractivity (Wildman–Crippen MR) is 110 cm³/mol. The Morgan fingerprint density at radius 3 is 2.67 bits per heavy atom. The number of thioether (sulfide) groups is 1. The maximum Gasteiger partial charge on any atom is 0.290 e. The lowest BCUT2D eigenvalue weighted by molar-refractivity contribution is -0.115. The molecular formula is C21H15N3O5S. The van der Waals surface area contributed by atoms with Crippen LogP contribution in [0.3, 0.4) is 0 Å². The molecule has 0 atom stereocenters. The molecule has 1 aromatic carbocycles. The van der Waals surface area contributed by atoms with Crippen molar-refractivity contribution < 1.29 is 23.5 Å². The molecule has 1 N–H and O–H groups in total. The van der Waals surface area contributed by atoms with Crippen LogP contribution in [0.15, 0.2) is 58.0 Å². The van der Waals surface area contributed by atoms with Gasteiger partial charge in [0.15, 0.2) is 12.3 Å². The van der Waals surface area contributed by atoms with Crippen molar-refractivity contribution in [3.8, 4) is 17.2 Å². The number of carbonyl (C=O) groups excluding carboxylic acids is 3. The fraction of sp³-hybridized carbons (Fsp3) is 0.0952. The molecule has 1 aliphatic rings. The van der Waals surface area contributed by atoms with Gasteiger partial charge in [0.2, 0.25) is 11.7 Å². The smallest absolute Gasteiger partial charge is 0.290 e. The van der Waals surface area contributed by atoms with Gasteiger partial charge in [-0.15, -0.1) is 0 Å².